The number of nitrogens with two attached hydrogens (primary N) is 1. The van der Waals surface area contributed by atoms with Crippen molar-refractivity contribution in [2.45, 2.75) is 19.6 Å². The van der Waals surface area contributed by atoms with E-state index in [4.69, 9.17) is 10.2 Å². The molecule has 0 unspecified atom stereocenters. The molecule has 0 aliphatic rings. The van der Waals surface area contributed by atoms with Crippen molar-refractivity contribution in [3.63, 3.8) is 0 Å². The van der Waals surface area contributed by atoms with E-state index in [0.717, 1.165) is 16.9 Å². The summed E-state index contributed by atoms with van der Waals surface area (Å²) in [6, 6.07) is 11.9. The molecule has 0 fully saturated rings. The van der Waals surface area contributed by atoms with Crippen molar-refractivity contribution in [2.75, 3.05) is 0 Å². The normalized spacial score (nSPS) is 11.6. The lowest BCUT2D eigenvalue weighted by Gasteiger charge is -2.05. The number of benzene rings is 1. The van der Waals surface area contributed by atoms with Gasteiger partial charge in [-0.15, -0.1) is 0 Å². The predicted octanol–water partition coefficient (Wildman–Crippen LogP) is 1.52. The largest absolute Gasteiger partial charge is 0.467 e. The molecule has 0 bridgehead atoms. The molecular weight excluding hydrogens is 292 g/mol. The van der Waals surface area contributed by atoms with Crippen molar-refractivity contribution < 1.29 is 4.42 Å². The second kappa shape index (κ2) is 7.26. The van der Waals surface area contributed by atoms with Crippen LogP contribution in [-0.4, -0.2) is 20.7 Å². The maximum atomic E-state index is 5.86. The summed E-state index contributed by atoms with van der Waals surface area (Å²) >= 11 is 0. The Hall–Kier alpha value is -3.09. The molecule has 0 aliphatic heterocycles. The van der Waals surface area contributed by atoms with Gasteiger partial charge < -0.3 is 15.5 Å². The Morgan fingerprint density at radius 3 is 2.96 bits per heavy atom. The summed E-state index contributed by atoms with van der Waals surface area (Å²) in [4.78, 5) is 8.28. The average Bonchev–Trinajstić information content (AvgIpc) is 3.25. The van der Waals surface area contributed by atoms with E-state index in [1.54, 1.807) is 17.3 Å². The van der Waals surface area contributed by atoms with Crippen molar-refractivity contribution in [3.8, 4) is 0 Å². The Balaban J connectivity index is 1.55. The molecule has 0 amide bonds. The van der Waals surface area contributed by atoms with E-state index in [1.807, 2.05) is 30.3 Å². The summed E-state index contributed by atoms with van der Waals surface area (Å²) in [5, 5.41) is 7.12. The first kappa shape index (κ1) is 14.8. The molecule has 0 radical (unpaired) electrons. The lowest BCUT2D eigenvalue weighted by atomic mass is 10.1. The van der Waals surface area contributed by atoms with E-state index >= 15 is 0 Å². The average molecular weight is 310 g/mol. The van der Waals surface area contributed by atoms with Crippen molar-refractivity contribution >= 4 is 5.96 Å². The van der Waals surface area contributed by atoms with Gasteiger partial charge in [0, 0.05) is 0 Å². The first-order chi connectivity index (χ1) is 11.3. The lowest BCUT2D eigenvalue weighted by Crippen LogP contribution is -2.30. The number of hydrogen-bond acceptors (Lipinski definition) is 4. The second-order valence-electron chi connectivity index (χ2n) is 5.05. The predicted molar refractivity (Wildman–Crippen MR) is 86.4 cm³/mol. The topological polar surface area (TPSA) is 94.3 Å². The van der Waals surface area contributed by atoms with Crippen LogP contribution in [0.4, 0.5) is 0 Å². The van der Waals surface area contributed by atoms with E-state index in [-0.39, 0.29) is 0 Å². The Morgan fingerprint density at radius 2 is 2.17 bits per heavy atom. The fourth-order valence-electron chi connectivity index (χ4n) is 2.15. The molecule has 0 saturated carbocycles. The standard InChI is InChI=1S/C16H18N6O/c17-16(20-9-15-5-2-6-23-15)19-8-13-3-1-4-14(7-13)10-22-12-18-11-21-22/h1-7,11-12H,8-10H2,(H3,17,19,20). The Bertz CT molecular complexity index is 749. The van der Waals surface area contributed by atoms with Gasteiger partial charge in [-0.05, 0) is 23.3 Å². The third-order valence-corrected chi connectivity index (χ3v) is 3.26. The van der Waals surface area contributed by atoms with Crippen LogP contribution < -0.4 is 11.1 Å². The lowest BCUT2D eigenvalue weighted by molar-refractivity contribution is 0.502. The maximum Gasteiger partial charge on any atom is 0.189 e. The van der Waals surface area contributed by atoms with Crippen LogP contribution in [0.1, 0.15) is 16.9 Å². The van der Waals surface area contributed by atoms with Gasteiger partial charge in [0.15, 0.2) is 5.96 Å². The summed E-state index contributed by atoms with van der Waals surface area (Å²) in [6.45, 7) is 1.72. The number of furan rings is 1. The molecule has 7 nitrogen and oxygen atoms in total. The molecule has 7 heteroatoms. The molecule has 0 aliphatic carbocycles. The van der Waals surface area contributed by atoms with Gasteiger partial charge in [0.1, 0.15) is 18.4 Å². The molecule has 118 valence electrons. The molecule has 1 aromatic carbocycles. The van der Waals surface area contributed by atoms with Crippen molar-refractivity contribution in [1.29, 1.82) is 0 Å². The van der Waals surface area contributed by atoms with Gasteiger partial charge in [-0.1, -0.05) is 24.3 Å². The van der Waals surface area contributed by atoms with Crippen molar-refractivity contribution in [2.24, 2.45) is 10.7 Å². The van der Waals surface area contributed by atoms with Gasteiger partial charge in [-0.3, -0.25) is 0 Å². The van der Waals surface area contributed by atoms with Crippen LogP contribution in [0.3, 0.4) is 0 Å². The summed E-state index contributed by atoms with van der Waals surface area (Å²) < 4.78 is 7.01. The molecule has 23 heavy (non-hydrogen) atoms. The third-order valence-electron chi connectivity index (χ3n) is 3.26. The van der Waals surface area contributed by atoms with Gasteiger partial charge in [0.25, 0.3) is 0 Å². The quantitative estimate of drug-likeness (QED) is 0.532. The molecule has 3 rings (SSSR count). The number of hydrogen-bond donors (Lipinski definition) is 2. The molecule has 0 spiro atoms. The molecule has 2 aromatic heterocycles. The Labute approximate surface area is 133 Å². The number of rotatable bonds is 6. The van der Waals surface area contributed by atoms with Crippen molar-refractivity contribution in [3.05, 3.63) is 72.2 Å². The van der Waals surface area contributed by atoms with Crippen LogP contribution in [0.5, 0.6) is 0 Å². The molecular formula is C16H18N6O. The van der Waals surface area contributed by atoms with Gasteiger partial charge in [0.2, 0.25) is 0 Å². The van der Waals surface area contributed by atoms with E-state index in [2.05, 4.69) is 26.5 Å². The highest BCUT2D eigenvalue weighted by Gasteiger charge is 2.00. The fraction of sp³-hybridized carbons (Fsp3) is 0.188. The van der Waals surface area contributed by atoms with Gasteiger partial charge >= 0.3 is 0 Å². The highest BCUT2D eigenvalue weighted by molar-refractivity contribution is 5.77. The SMILES string of the molecule is NC(=NCc1cccc(Cn2cncn2)c1)NCc1ccco1. The summed E-state index contributed by atoms with van der Waals surface area (Å²) in [5.74, 6) is 1.21. The van der Waals surface area contributed by atoms with Gasteiger partial charge in [0.05, 0.1) is 25.9 Å². The third kappa shape index (κ3) is 4.44. The van der Waals surface area contributed by atoms with E-state index in [1.165, 1.54) is 6.33 Å². The number of guanidine groups is 1. The number of aliphatic imine (C=N–C) groups is 1. The molecule has 3 aromatic rings. The zero-order valence-corrected chi connectivity index (χ0v) is 12.6. The smallest absolute Gasteiger partial charge is 0.189 e. The highest BCUT2D eigenvalue weighted by Crippen LogP contribution is 2.08. The fourth-order valence-corrected chi connectivity index (χ4v) is 2.15. The number of nitrogens with one attached hydrogen (secondary N) is 1. The zero-order valence-electron chi connectivity index (χ0n) is 12.6. The maximum absolute atomic E-state index is 5.86. The summed E-state index contributed by atoms with van der Waals surface area (Å²) in [7, 11) is 0. The van der Waals surface area contributed by atoms with E-state index < -0.39 is 0 Å². The Morgan fingerprint density at radius 1 is 1.26 bits per heavy atom. The highest BCUT2D eigenvalue weighted by atomic mass is 16.3. The van der Waals surface area contributed by atoms with Crippen LogP contribution in [0.25, 0.3) is 0 Å². The van der Waals surface area contributed by atoms with Crippen LogP contribution in [0, 0.1) is 0 Å². The first-order valence-corrected chi connectivity index (χ1v) is 7.26. The minimum absolute atomic E-state index is 0.392. The van der Waals surface area contributed by atoms with Crippen molar-refractivity contribution in [1.82, 2.24) is 20.1 Å². The molecule has 3 N–H and O–H groups in total. The minimum atomic E-state index is 0.392. The minimum Gasteiger partial charge on any atom is -0.467 e. The number of aromatic nitrogens is 3. The monoisotopic (exact) mass is 310 g/mol. The number of nitrogens with zero attached hydrogens (tertiary/aromatic N) is 4. The van der Waals surface area contributed by atoms with E-state index in [0.29, 0.717) is 25.6 Å². The van der Waals surface area contributed by atoms with Crippen LogP contribution in [-0.2, 0) is 19.6 Å². The zero-order chi connectivity index (χ0) is 15.9. The second-order valence-corrected chi connectivity index (χ2v) is 5.05. The summed E-state index contributed by atoms with van der Waals surface area (Å²) in [6.07, 6.45) is 4.85. The first-order valence-electron chi connectivity index (χ1n) is 7.26. The van der Waals surface area contributed by atoms with Crippen LogP contribution >= 0.6 is 0 Å². The molecule has 0 atom stereocenters. The van der Waals surface area contributed by atoms with E-state index in [9.17, 15) is 0 Å². The molecule has 0 saturated heterocycles. The van der Waals surface area contributed by atoms with Crippen LogP contribution in [0.2, 0.25) is 0 Å². The van der Waals surface area contributed by atoms with Gasteiger partial charge in [-0.2, -0.15) is 5.10 Å². The van der Waals surface area contributed by atoms with Crippen LogP contribution in [0.15, 0.2) is 64.7 Å². The van der Waals surface area contributed by atoms with Gasteiger partial charge in [-0.25, -0.2) is 14.7 Å². The summed E-state index contributed by atoms with van der Waals surface area (Å²) in [5.41, 5.74) is 8.09. The molecule has 2 heterocycles. The Kier molecular flexibility index (Phi) is 4.68.